The van der Waals surface area contributed by atoms with Crippen LogP contribution >= 0.6 is 0 Å². The van der Waals surface area contributed by atoms with Crippen LogP contribution in [-0.4, -0.2) is 22.4 Å². The number of aliphatic hydroxyl groups is 2. The summed E-state index contributed by atoms with van der Waals surface area (Å²) in [4.78, 5) is 0. The highest BCUT2D eigenvalue weighted by molar-refractivity contribution is 4.88. The fourth-order valence-corrected chi connectivity index (χ4v) is 1.84. The SMILES string of the molecule is CCCCCC=CC(C)CC(O)C(C)C(C)O. The van der Waals surface area contributed by atoms with Crippen LogP contribution in [0.25, 0.3) is 0 Å². The maximum Gasteiger partial charge on any atom is 0.0595 e. The minimum atomic E-state index is -0.439. The van der Waals surface area contributed by atoms with Gasteiger partial charge in [-0.15, -0.1) is 0 Å². The van der Waals surface area contributed by atoms with E-state index in [0.717, 1.165) is 12.8 Å². The van der Waals surface area contributed by atoms with Crippen molar-refractivity contribution < 1.29 is 10.2 Å². The molecule has 0 aromatic carbocycles. The van der Waals surface area contributed by atoms with E-state index in [9.17, 15) is 10.2 Å². The molecule has 0 saturated heterocycles. The first-order chi connectivity index (χ1) is 7.99. The van der Waals surface area contributed by atoms with Gasteiger partial charge in [0, 0.05) is 5.92 Å². The maximum absolute atomic E-state index is 9.91. The number of unbranched alkanes of at least 4 members (excludes halogenated alkanes) is 3. The number of rotatable bonds is 9. The van der Waals surface area contributed by atoms with Crippen LogP contribution in [0, 0.1) is 11.8 Å². The maximum atomic E-state index is 9.91. The van der Waals surface area contributed by atoms with Crippen LogP contribution in [0.3, 0.4) is 0 Å². The van der Waals surface area contributed by atoms with E-state index >= 15 is 0 Å². The zero-order valence-electron chi connectivity index (χ0n) is 11.9. The number of hydrogen-bond acceptors (Lipinski definition) is 2. The lowest BCUT2D eigenvalue weighted by atomic mass is 9.91. The quantitative estimate of drug-likeness (QED) is 0.480. The van der Waals surface area contributed by atoms with Gasteiger partial charge in [0.2, 0.25) is 0 Å². The monoisotopic (exact) mass is 242 g/mol. The Hall–Kier alpha value is -0.340. The molecule has 2 heteroatoms. The average molecular weight is 242 g/mol. The lowest BCUT2D eigenvalue weighted by Gasteiger charge is -2.23. The first-order valence-electron chi connectivity index (χ1n) is 7.01. The van der Waals surface area contributed by atoms with Gasteiger partial charge in [0.25, 0.3) is 0 Å². The summed E-state index contributed by atoms with van der Waals surface area (Å²) in [7, 11) is 0. The molecule has 0 radical (unpaired) electrons. The first kappa shape index (κ1) is 16.7. The Labute approximate surface area is 107 Å². The molecule has 0 rings (SSSR count). The molecule has 0 fully saturated rings. The molecule has 0 aliphatic carbocycles. The molecule has 0 aliphatic heterocycles. The van der Waals surface area contributed by atoms with Gasteiger partial charge in [-0.25, -0.2) is 0 Å². The van der Waals surface area contributed by atoms with Crippen molar-refractivity contribution in [1.82, 2.24) is 0 Å². The predicted molar refractivity (Wildman–Crippen MR) is 73.9 cm³/mol. The van der Waals surface area contributed by atoms with E-state index in [2.05, 4.69) is 26.0 Å². The smallest absolute Gasteiger partial charge is 0.0595 e. The Morgan fingerprint density at radius 1 is 1.06 bits per heavy atom. The van der Waals surface area contributed by atoms with E-state index in [0.29, 0.717) is 5.92 Å². The molecule has 0 amide bonds. The summed E-state index contributed by atoms with van der Waals surface area (Å²) in [5, 5.41) is 19.3. The molecule has 0 aromatic rings. The molecule has 0 saturated carbocycles. The predicted octanol–water partition coefficient (Wildman–Crippen LogP) is 3.53. The van der Waals surface area contributed by atoms with E-state index < -0.39 is 12.2 Å². The van der Waals surface area contributed by atoms with E-state index in [1.807, 2.05) is 6.92 Å². The Bertz CT molecular complexity index is 199. The summed E-state index contributed by atoms with van der Waals surface area (Å²) < 4.78 is 0. The second-order valence-electron chi connectivity index (χ2n) is 5.30. The van der Waals surface area contributed by atoms with Crippen molar-refractivity contribution >= 4 is 0 Å². The lowest BCUT2D eigenvalue weighted by Crippen LogP contribution is -2.28. The van der Waals surface area contributed by atoms with Gasteiger partial charge in [-0.2, -0.15) is 0 Å². The van der Waals surface area contributed by atoms with Gasteiger partial charge in [-0.05, 0) is 32.1 Å². The second-order valence-corrected chi connectivity index (χ2v) is 5.30. The van der Waals surface area contributed by atoms with E-state index in [1.54, 1.807) is 6.92 Å². The lowest BCUT2D eigenvalue weighted by molar-refractivity contribution is 0.0223. The van der Waals surface area contributed by atoms with Gasteiger partial charge < -0.3 is 10.2 Å². The molecule has 0 aliphatic rings. The van der Waals surface area contributed by atoms with Crippen molar-refractivity contribution in [3.05, 3.63) is 12.2 Å². The summed E-state index contributed by atoms with van der Waals surface area (Å²) in [6.45, 7) is 7.96. The van der Waals surface area contributed by atoms with Crippen molar-refractivity contribution in [3.63, 3.8) is 0 Å². The molecule has 0 aromatic heterocycles. The molecule has 4 atom stereocenters. The second kappa shape index (κ2) is 9.67. The zero-order valence-corrected chi connectivity index (χ0v) is 11.9. The van der Waals surface area contributed by atoms with Crippen LogP contribution in [0.15, 0.2) is 12.2 Å². The summed E-state index contributed by atoms with van der Waals surface area (Å²) in [6, 6.07) is 0. The summed E-state index contributed by atoms with van der Waals surface area (Å²) in [6.07, 6.45) is 9.24. The Balaban J connectivity index is 3.80. The first-order valence-corrected chi connectivity index (χ1v) is 7.01. The van der Waals surface area contributed by atoms with E-state index in [4.69, 9.17) is 0 Å². The molecule has 2 nitrogen and oxygen atoms in total. The summed E-state index contributed by atoms with van der Waals surface area (Å²) in [5.74, 6) is 0.332. The minimum absolute atomic E-state index is 0.0501. The van der Waals surface area contributed by atoms with Gasteiger partial charge in [0.05, 0.1) is 12.2 Å². The standard InChI is InChI=1S/C15H30O2/c1-5-6-7-8-9-10-12(2)11-15(17)13(3)14(4)16/h9-10,12-17H,5-8,11H2,1-4H3. The molecular formula is C15H30O2. The molecule has 17 heavy (non-hydrogen) atoms. The number of aliphatic hydroxyl groups excluding tert-OH is 2. The third-order valence-electron chi connectivity index (χ3n) is 3.42. The molecular weight excluding hydrogens is 212 g/mol. The fourth-order valence-electron chi connectivity index (χ4n) is 1.84. The molecule has 0 bridgehead atoms. The van der Waals surface area contributed by atoms with Crippen molar-refractivity contribution in [2.45, 2.75) is 72.0 Å². The highest BCUT2D eigenvalue weighted by atomic mass is 16.3. The molecule has 4 unspecified atom stereocenters. The van der Waals surface area contributed by atoms with Gasteiger partial charge in [0.1, 0.15) is 0 Å². The largest absolute Gasteiger partial charge is 0.393 e. The molecule has 0 heterocycles. The normalized spacial score (nSPS) is 19.2. The van der Waals surface area contributed by atoms with Crippen molar-refractivity contribution in [3.8, 4) is 0 Å². The molecule has 102 valence electrons. The fraction of sp³-hybridized carbons (Fsp3) is 0.867. The number of hydrogen-bond donors (Lipinski definition) is 2. The Morgan fingerprint density at radius 3 is 2.24 bits per heavy atom. The third kappa shape index (κ3) is 8.39. The minimum Gasteiger partial charge on any atom is -0.393 e. The van der Waals surface area contributed by atoms with E-state index in [1.165, 1.54) is 19.3 Å². The van der Waals surface area contributed by atoms with Crippen LogP contribution in [0.1, 0.15) is 59.8 Å². The van der Waals surface area contributed by atoms with Crippen molar-refractivity contribution in [1.29, 1.82) is 0 Å². The van der Waals surface area contributed by atoms with Gasteiger partial charge >= 0.3 is 0 Å². The molecule has 0 spiro atoms. The third-order valence-corrected chi connectivity index (χ3v) is 3.42. The van der Waals surface area contributed by atoms with Gasteiger partial charge in [0.15, 0.2) is 0 Å². The van der Waals surface area contributed by atoms with Gasteiger partial charge in [-0.3, -0.25) is 0 Å². The Morgan fingerprint density at radius 2 is 1.71 bits per heavy atom. The highest BCUT2D eigenvalue weighted by Crippen LogP contribution is 2.17. The summed E-state index contributed by atoms with van der Waals surface area (Å²) >= 11 is 0. The van der Waals surface area contributed by atoms with Crippen LogP contribution in [0.2, 0.25) is 0 Å². The molecule has 2 N–H and O–H groups in total. The van der Waals surface area contributed by atoms with Crippen LogP contribution in [-0.2, 0) is 0 Å². The van der Waals surface area contributed by atoms with E-state index in [-0.39, 0.29) is 5.92 Å². The topological polar surface area (TPSA) is 40.5 Å². The van der Waals surface area contributed by atoms with Crippen LogP contribution in [0.5, 0.6) is 0 Å². The average Bonchev–Trinajstić information content (AvgIpc) is 2.27. The van der Waals surface area contributed by atoms with Crippen molar-refractivity contribution in [2.75, 3.05) is 0 Å². The zero-order chi connectivity index (χ0) is 13.3. The van der Waals surface area contributed by atoms with Gasteiger partial charge in [-0.1, -0.05) is 45.8 Å². The van der Waals surface area contributed by atoms with Crippen LogP contribution < -0.4 is 0 Å². The summed E-state index contributed by atoms with van der Waals surface area (Å²) in [5.41, 5.74) is 0. The highest BCUT2D eigenvalue weighted by Gasteiger charge is 2.20. The van der Waals surface area contributed by atoms with Crippen LogP contribution in [0.4, 0.5) is 0 Å². The van der Waals surface area contributed by atoms with Crippen molar-refractivity contribution in [2.24, 2.45) is 11.8 Å². The number of allylic oxidation sites excluding steroid dienone is 2. The Kier molecular flexibility index (Phi) is 9.47.